The monoisotopic (exact) mass is 348 g/mol. The second kappa shape index (κ2) is 6.33. The molecule has 1 aliphatic rings. The molecule has 0 bridgehead atoms. The van der Waals surface area contributed by atoms with Gasteiger partial charge in [-0.2, -0.15) is 0 Å². The summed E-state index contributed by atoms with van der Waals surface area (Å²) in [4.78, 5) is 14.2. The average Bonchev–Trinajstić information content (AvgIpc) is 3.04. The molecule has 3 rings (SSSR count). The van der Waals surface area contributed by atoms with Gasteiger partial charge >= 0.3 is 0 Å². The van der Waals surface area contributed by atoms with Crippen LogP contribution in [0.5, 0.6) is 0 Å². The number of rotatable bonds is 3. The quantitative estimate of drug-likeness (QED) is 0.922. The first kappa shape index (κ1) is 16.6. The van der Waals surface area contributed by atoms with Gasteiger partial charge in [0.2, 0.25) is 10.0 Å². The molecule has 0 saturated carbocycles. The Labute approximate surface area is 139 Å². The number of hydrogen-bond donors (Lipinski definition) is 1. The Kier molecular flexibility index (Phi) is 4.38. The maximum atomic E-state index is 13.0. The van der Waals surface area contributed by atoms with E-state index in [1.165, 1.54) is 36.4 Å². The van der Waals surface area contributed by atoms with Crippen LogP contribution in [0.15, 0.2) is 53.4 Å². The van der Waals surface area contributed by atoms with Gasteiger partial charge in [0.15, 0.2) is 0 Å². The predicted molar refractivity (Wildman–Crippen MR) is 87.5 cm³/mol. The van der Waals surface area contributed by atoms with Gasteiger partial charge in [0.05, 0.1) is 4.90 Å². The van der Waals surface area contributed by atoms with E-state index in [2.05, 4.69) is 0 Å². The molecular formula is C17H17FN2O3S. The molecule has 1 heterocycles. The molecule has 0 aliphatic carbocycles. The zero-order chi connectivity index (χ0) is 17.3. The van der Waals surface area contributed by atoms with Gasteiger partial charge in [0, 0.05) is 24.6 Å². The van der Waals surface area contributed by atoms with E-state index in [0.29, 0.717) is 18.7 Å². The molecule has 2 N–H and O–H groups in total. The number of sulfonamides is 1. The highest BCUT2D eigenvalue weighted by molar-refractivity contribution is 7.89. The van der Waals surface area contributed by atoms with Crippen LogP contribution in [0.4, 0.5) is 4.39 Å². The lowest BCUT2D eigenvalue weighted by Crippen LogP contribution is -2.28. The fourth-order valence-electron chi connectivity index (χ4n) is 2.92. The normalized spacial score (nSPS) is 17.9. The zero-order valence-electron chi connectivity index (χ0n) is 12.9. The molecule has 5 nitrogen and oxygen atoms in total. The molecule has 2 aromatic carbocycles. The summed E-state index contributed by atoms with van der Waals surface area (Å²) in [7, 11) is -3.77. The molecule has 2 aromatic rings. The zero-order valence-corrected chi connectivity index (χ0v) is 13.7. The van der Waals surface area contributed by atoms with Crippen molar-refractivity contribution in [1.29, 1.82) is 0 Å². The molecule has 126 valence electrons. The van der Waals surface area contributed by atoms with E-state index in [1.807, 2.05) is 0 Å². The summed E-state index contributed by atoms with van der Waals surface area (Å²) in [5.74, 6) is -0.251. The third-order valence-electron chi connectivity index (χ3n) is 4.25. The lowest BCUT2D eigenvalue weighted by Gasteiger charge is -2.17. The van der Waals surface area contributed by atoms with Crippen molar-refractivity contribution in [3.05, 3.63) is 65.5 Å². The standard InChI is InChI=1S/C17H17FN2O3S/c18-15-5-1-12(2-6-15)14-9-10-20(11-14)17(21)13-3-7-16(8-4-13)24(19,22)23/h1-8,14H,9-11H2,(H2,19,22,23). The maximum Gasteiger partial charge on any atom is 0.253 e. The minimum Gasteiger partial charge on any atom is -0.338 e. The van der Waals surface area contributed by atoms with Gasteiger partial charge in [-0.25, -0.2) is 17.9 Å². The number of amides is 1. The van der Waals surface area contributed by atoms with Crippen molar-refractivity contribution in [2.75, 3.05) is 13.1 Å². The highest BCUT2D eigenvalue weighted by Gasteiger charge is 2.28. The van der Waals surface area contributed by atoms with Crippen LogP contribution < -0.4 is 5.14 Å². The van der Waals surface area contributed by atoms with Crippen LogP contribution in [-0.2, 0) is 10.0 Å². The Bertz CT molecular complexity index is 848. The second-order valence-corrected chi connectivity index (χ2v) is 7.42. The van der Waals surface area contributed by atoms with Crippen LogP contribution in [0.3, 0.4) is 0 Å². The average molecular weight is 348 g/mol. The number of hydrogen-bond acceptors (Lipinski definition) is 3. The van der Waals surface area contributed by atoms with E-state index in [1.54, 1.807) is 17.0 Å². The van der Waals surface area contributed by atoms with Gasteiger partial charge in [-0.05, 0) is 48.4 Å². The summed E-state index contributed by atoms with van der Waals surface area (Å²) in [6, 6.07) is 11.9. The van der Waals surface area contributed by atoms with Crippen LogP contribution in [0.2, 0.25) is 0 Å². The number of likely N-dealkylation sites (tertiary alicyclic amines) is 1. The van der Waals surface area contributed by atoms with Crippen molar-refractivity contribution in [3.63, 3.8) is 0 Å². The van der Waals surface area contributed by atoms with E-state index < -0.39 is 10.0 Å². The highest BCUT2D eigenvalue weighted by Crippen LogP contribution is 2.28. The molecule has 1 aliphatic heterocycles. The van der Waals surface area contributed by atoms with E-state index in [0.717, 1.165) is 12.0 Å². The summed E-state index contributed by atoms with van der Waals surface area (Å²) in [5.41, 5.74) is 1.43. The van der Waals surface area contributed by atoms with Crippen LogP contribution in [0.1, 0.15) is 28.3 Å². The summed E-state index contributed by atoms with van der Waals surface area (Å²) in [5, 5.41) is 5.05. The van der Waals surface area contributed by atoms with E-state index in [4.69, 9.17) is 5.14 Å². The SMILES string of the molecule is NS(=O)(=O)c1ccc(C(=O)N2CCC(c3ccc(F)cc3)C2)cc1. The predicted octanol–water partition coefficient (Wildman–Crippen LogP) is 2.10. The lowest BCUT2D eigenvalue weighted by molar-refractivity contribution is 0.0790. The molecule has 0 spiro atoms. The Morgan fingerprint density at radius 1 is 1.08 bits per heavy atom. The van der Waals surface area contributed by atoms with E-state index in [9.17, 15) is 17.6 Å². The van der Waals surface area contributed by atoms with Crippen LogP contribution in [0.25, 0.3) is 0 Å². The third kappa shape index (κ3) is 3.47. The van der Waals surface area contributed by atoms with Gasteiger partial charge in [-0.3, -0.25) is 4.79 Å². The first-order valence-corrected chi connectivity index (χ1v) is 9.07. The second-order valence-electron chi connectivity index (χ2n) is 5.86. The Morgan fingerprint density at radius 2 is 1.71 bits per heavy atom. The number of primary sulfonamides is 1. The smallest absolute Gasteiger partial charge is 0.253 e. The lowest BCUT2D eigenvalue weighted by atomic mass is 9.99. The minimum atomic E-state index is -3.77. The van der Waals surface area contributed by atoms with Crippen LogP contribution in [-0.4, -0.2) is 32.3 Å². The van der Waals surface area contributed by atoms with Crippen molar-refractivity contribution in [2.45, 2.75) is 17.2 Å². The number of nitrogens with two attached hydrogens (primary N) is 1. The molecule has 0 radical (unpaired) electrons. The van der Waals surface area contributed by atoms with Gasteiger partial charge in [0.1, 0.15) is 5.82 Å². The van der Waals surface area contributed by atoms with Gasteiger partial charge in [-0.1, -0.05) is 12.1 Å². The summed E-state index contributed by atoms with van der Waals surface area (Å²) < 4.78 is 35.5. The molecule has 1 atom stereocenters. The Hall–Kier alpha value is -2.25. The summed E-state index contributed by atoms with van der Waals surface area (Å²) >= 11 is 0. The van der Waals surface area contributed by atoms with Crippen molar-refractivity contribution in [1.82, 2.24) is 4.90 Å². The molecule has 24 heavy (non-hydrogen) atoms. The molecule has 7 heteroatoms. The molecule has 1 saturated heterocycles. The van der Waals surface area contributed by atoms with E-state index in [-0.39, 0.29) is 22.5 Å². The highest BCUT2D eigenvalue weighted by atomic mass is 32.2. The molecule has 0 aromatic heterocycles. The number of carbonyl (C=O) groups excluding carboxylic acids is 1. The van der Waals surface area contributed by atoms with Crippen LogP contribution >= 0.6 is 0 Å². The first-order chi connectivity index (χ1) is 11.3. The van der Waals surface area contributed by atoms with Crippen molar-refractivity contribution >= 4 is 15.9 Å². The van der Waals surface area contributed by atoms with Gasteiger partial charge < -0.3 is 4.90 Å². The maximum absolute atomic E-state index is 13.0. The number of nitrogens with zero attached hydrogens (tertiary/aromatic N) is 1. The topological polar surface area (TPSA) is 80.5 Å². The molecule has 1 fully saturated rings. The minimum absolute atomic E-state index is 0.0235. The first-order valence-electron chi connectivity index (χ1n) is 7.52. The van der Waals surface area contributed by atoms with Crippen LogP contribution in [0, 0.1) is 5.82 Å². The fraction of sp³-hybridized carbons (Fsp3) is 0.235. The Morgan fingerprint density at radius 3 is 2.29 bits per heavy atom. The Balaban J connectivity index is 1.71. The molecular weight excluding hydrogens is 331 g/mol. The van der Waals surface area contributed by atoms with Crippen molar-refractivity contribution in [2.24, 2.45) is 5.14 Å². The van der Waals surface area contributed by atoms with Gasteiger partial charge in [-0.15, -0.1) is 0 Å². The number of carbonyl (C=O) groups is 1. The van der Waals surface area contributed by atoms with Gasteiger partial charge in [0.25, 0.3) is 5.91 Å². The summed E-state index contributed by atoms with van der Waals surface area (Å²) in [6.45, 7) is 1.17. The van der Waals surface area contributed by atoms with Crippen molar-refractivity contribution in [3.8, 4) is 0 Å². The third-order valence-corrected chi connectivity index (χ3v) is 5.18. The van der Waals surface area contributed by atoms with E-state index >= 15 is 0 Å². The molecule has 1 amide bonds. The molecule has 1 unspecified atom stereocenters. The van der Waals surface area contributed by atoms with Crippen molar-refractivity contribution < 1.29 is 17.6 Å². The fourth-order valence-corrected chi connectivity index (χ4v) is 3.44. The number of benzene rings is 2. The summed E-state index contributed by atoms with van der Waals surface area (Å²) in [6.07, 6.45) is 0.812. The largest absolute Gasteiger partial charge is 0.338 e. The number of halogens is 1.